The average Bonchev–Trinajstić information content (AvgIpc) is 0. The first-order chi connectivity index (χ1) is 0. The zero-order chi connectivity index (χ0) is 0. The van der Waals surface area contributed by atoms with Crippen molar-refractivity contribution in [1.82, 2.24) is 0 Å². The van der Waals surface area contributed by atoms with Crippen LogP contribution in [0.15, 0.2) is 0 Å². The molecule has 0 heterocycles. The summed E-state index contributed by atoms with van der Waals surface area (Å²) in [5.41, 5.74) is 0. The third-order valence-corrected chi connectivity index (χ3v) is 0. The SMILES string of the molecule is [Cr].[Mn].[Ti].[Zr]. The molecule has 0 bridgehead atoms. The predicted molar refractivity (Wildman–Crippen MR) is 0 cm³/mol. The fourth-order valence-corrected chi connectivity index (χ4v) is 0. The van der Waals surface area contributed by atoms with Crippen molar-refractivity contribution in [2.45, 2.75) is 0 Å². The summed E-state index contributed by atoms with van der Waals surface area (Å²) < 4.78 is 0. The first-order valence-electron chi connectivity index (χ1n) is 0. The van der Waals surface area contributed by atoms with E-state index in [0.29, 0.717) is 0 Å². The van der Waals surface area contributed by atoms with Crippen molar-refractivity contribution in [2.75, 3.05) is 0 Å². The first kappa shape index (κ1) is 30.2. The van der Waals surface area contributed by atoms with Crippen molar-refractivity contribution in [2.24, 2.45) is 0 Å². The molecule has 0 amide bonds. The average molecular weight is 246 g/mol. The maximum Gasteiger partial charge on any atom is 0 e. The molecule has 21 valence electrons. The molecular formula is CrMnTiZr. The maximum absolute atomic E-state index is 0. The van der Waals surface area contributed by atoms with E-state index in [4.69, 9.17) is 0 Å². The second-order valence-electron chi connectivity index (χ2n) is 0. The second kappa shape index (κ2) is 17.4. The Morgan fingerprint density at radius 2 is 1.00 bits per heavy atom. The van der Waals surface area contributed by atoms with Gasteiger partial charge in [-0.25, -0.2) is 0 Å². The fraction of sp³-hybridized carbons (Fsp3) is 0. The third kappa shape index (κ3) is 8.82. The molecule has 0 fully saturated rings. The molecule has 0 saturated heterocycles. The van der Waals surface area contributed by atoms with Gasteiger partial charge in [0, 0.05) is 82.4 Å². The van der Waals surface area contributed by atoms with Gasteiger partial charge in [-0.05, 0) is 0 Å². The van der Waals surface area contributed by atoms with Gasteiger partial charge < -0.3 is 0 Å². The van der Waals surface area contributed by atoms with Crippen LogP contribution in [0, 0.1) is 0 Å². The summed E-state index contributed by atoms with van der Waals surface area (Å²) in [7, 11) is 0. The Kier molecular flexibility index (Phi) is 132. The Bertz CT molecular complexity index is 8.00. The summed E-state index contributed by atoms with van der Waals surface area (Å²) in [6.07, 6.45) is 0. The van der Waals surface area contributed by atoms with Gasteiger partial charge in [0.2, 0.25) is 0 Å². The molecule has 0 aromatic heterocycles. The molecule has 0 atom stereocenters. The molecule has 0 nitrogen and oxygen atoms in total. The molecular weight excluding hydrogens is 246 g/mol. The van der Waals surface area contributed by atoms with Crippen LogP contribution in [0.25, 0.3) is 0 Å². The van der Waals surface area contributed by atoms with Crippen LogP contribution in [0.4, 0.5) is 0 Å². The Morgan fingerprint density at radius 1 is 1.00 bits per heavy atom. The minimum atomic E-state index is 0. The molecule has 0 aromatic rings. The van der Waals surface area contributed by atoms with Crippen molar-refractivity contribution in [3.8, 4) is 0 Å². The van der Waals surface area contributed by atoms with Crippen LogP contribution >= 0.6 is 0 Å². The van der Waals surface area contributed by atoms with Gasteiger partial charge in [0.25, 0.3) is 0 Å². The number of hydrogen-bond donors (Lipinski definition) is 0. The Hall–Kier alpha value is 2.65. The molecule has 0 aliphatic carbocycles. The van der Waals surface area contributed by atoms with E-state index in [-0.39, 0.29) is 82.4 Å². The Labute approximate surface area is 81.1 Å². The normalized spacial score (nSPS) is 0. The van der Waals surface area contributed by atoms with E-state index < -0.39 is 0 Å². The van der Waals surface area contributed by atoms with Gasteiger partial charge in [-0.3, -0.25) is 0 Å². The molecule has 0 saturated carbocycles. The molecule has 4 heavy (non-hydrogen) atoms. The van der Waals surface area contributed by atoms with Gasteiger partial charge in [-0.2, -0.15) is 0 Å². The molecule has 0 aromatic carbocycles. The van der Waals surface area contributed by atoms with Crippen molar-refractivity contribution < 1.29 is 82.4 Å². The molecule has 0 aliphatic rings. The van der Waals surface area contributed by atoms with Crippen LogP contribution in [0.2, 0.25) is 0 Å². The minimum Gasteiger partial charge on any atom is 0 e. The Morgan fingerprint density at radius 3 is 1.00 bits per heavy atom. The zero-order valence-electron chi connectivity index (χ0n) is 1.79. The summed E-state index contributed by atoms with van der Waals surface area (Å²) >= 11 is 0. The smallest absolute Gasteiger partial charge is 0 e. The van der Waals surface area contributed by atoms with Gasteiger partial charge in [-0.15, -0.1) is 0 Å². The fourth-order valence-electron chi connectivity index (χ4n) is 0. The summed E-state index contributed by atoms with van der Waals surface area (Å²) in [6, 6.07) is 0. The maximum atomic E-state index is 0. The third-order valence-electron chi connectivity index (χ3n) is 0. The van der Waals surface area contributed by atoms with E-state index in [9.17, 15) is 0 Å². The van der Waals surface area contributed by atoms with Crippen LogP contribution in [0.3, 0.4) is 0 Å². The van der Waals surface area contributed by atoms with Gasteiger partial charge >= 0.3 is 0 Å². The van der Waals surface area contributed by atoms with Gasteiger partial charge in [0.1, 0.15) is 0 Å². The van der Waals surface area contributed by atoms with Crippen LogP contribution in [-0.4, -0.2) is 0 Å². The summed E-state index contributed by atoms with van der Waals surface area (Å²) in [5, 5.41) is 0. The predicted octanol–water partition coefficient (Wildman–Crippen LogP) is -0.0100. The molecule has 0 unspecified atom stereocenters. The molecule has 0 spiro atoms. The molecule has 4 heteroatoms. The van der Waals surface area contributed by atoms with E-state index in [1.165, 1.54) is 0 Å². The quantitative estimate of drug-likeness (QED) is 0.527. The number of hydrogen-bond acceptors (Lipinski definition) is 0. The Balaban J connectivity index is 0. The van der Waals surface area contributed by atoms with Crippen molar-refractivity contribution in [1.29, 1.82) is 0 Å². The van der Waals surface area contributed by atoms with E-state index in [1.54, 1.807) is 0 Å². The minimum absolute atomic E-state index is 0. The van der Waals surface area contributed by atoms with Crippen molar-refractivity contribution >= 4 is 0 Å². The first-order valence-corrected chi connectivity index (χ1v) is 0. The van der Waals surface area contributed by atoms with Crippen LogP contribution in [-0.2, 0) is 82.4 Å². The van der Waals surface area contributed by atoms with Gasteiger partial charge in [0.15, 0.2) is 0 Å². The molecule has 0 N–H and O–H groups in total. The van der Waals surface area contributed by atoms with Gasteiger partial charge in [0.05, 0.1) is 0 Å². The summed E-state index contributed by atoms with van der Waals surface area (Å²) in [6.45, 7) is 0. The summed E-state index contributed by atoms with van der Waals surface area (Å²) in [5.74, 6) is 0. The summed E-state index contributed by atoms with van der Waals surface area (Å²) in [4.78, 5) is 0. The monoisotopic (exact) mass is 245 g/mol. The van der Waals surface area contributed by atoms with E-state index >= 15 is 0 Å². The van der Waals surface area contributed by atoms with Gasteiger partial charge in [-0.1, -0.05) is 0 Å². The van der Waals surface area contributed by atoms with E-state index in [1.807, 2.05) is 0 Å². The standard InChI is InChI=1S/Cr.Mn.Ti.Zr. The largest absolute Gasteiger partial charge is 0 e. The number of rotatable bonds is 0. The van der Waals surface area contributed by atoms with Crippen molar-refractivity contribution in [3.63, 3.8) is 0 Å². The molecule has 1 radical (unpaired) electrons. The topological polar surface area (TPSA) is 0 Å². The van der Waals surface area contributed by atoms with Crippen LogP contribution in [0.5, 0.6) is 0 Å². The molecule has 0 aliphatic heterocycles. The van der Waals surface area contributed by atoms with Crippen molar-refractivity contribution in [3.05, 3.63) is 0 Å². The van der Waals surface area contributed by atoms with E-state index in [2.05, 4.69) is 0 Å². The van der Waals surface area contributed by atoms with Crippen LogP contribution in [0.1, 0.15) is 0 Å². The zero-order valence-corrected chi connectivity index (χ0v) is 8.26. The second-order valence-corrected chi connectivity index (χ2v) is 0. The van der Waals surface area contributed by atoms with E-state index in [0.717, 1.165) is 0 Å². The molecule has 0 rings (SSSR count). The van der Waals surface area contributed by atoms with Crippen LogP contribution < -0.4 is 0 Å².